The quantitative estimate of drug-likeness (QED) is 0.502. The molecule has 1 aromatic carbocycles. The maximum atomic E-state index is 12.7. The van der Waals surface area contributed by atoms with Gasteiger partial charge in [0.15, 0.2) is 11.6 Å². The normalized spacial score (nSPS) is 13.9. The third kappa shape index (κ3) is 2.50. The van der Waals surface area contributed by atoms with E-state index >= 15 is 0 Å². The molecule has 0 atom stereocenters. The minimum absolute atomic E-state index is 0.0832. The number of furan rings is 1. The van der Waals surface area contributed by atoms with Crippen LogP contribution >= 0.6 is 22.9 Å². The van der Waals surface area contributed by atoms with Crippen molar-refractivity contribution in [3.05, 3.63) is 62.2 Å². The van der Waals surface area contributed by atoms with Crippen molar-refractivity contribution < 1.29 is 4.42 Å². The zero-order valence-corrected chi connectivity index (χ0v) is 15.4. The van der Waals surface area contributed by atoms with Crippen LogP contribution in [0.25, 0.3) is 33.1 Å². The Bertz CT molecular complexity index is 1190. The molecule has 0 radical (unpaired) electrons. The van der Waals surface area contributed by atoms with Crippen LogP contribution in [0.1, 0.15) is 23.3 Å². The molecule has 130 valence electrons. The van der Waals surface area contributed by atoms with Gasteiger partial charge in [0.2, 0.25) is 0 Å². The van der Waals surface area contributed by atoms with Crippen LogP contribution in [0.3, 0.4) is 0 Å². The summed E-state index contributed by atoms with van der Waals surface area (Å²) in [6.45, 7) is 0. The summed E-state index contributed by atoms with van der Waals surface area (Å²) >= 11 is 7.88. The fourth-order valence-corrected chi connectivity index (χ4v) is 5.04. The maximum Gasteiger partial charge on any atom is 0.260 e. The van der Waals surface area contributed by atoms with Gasteiger partial charge in [0.05, 0.1) is 10.4 Å². The number of thiophene rings is 1. The number of nitrogens with zero attached hydrogens (tertiary/aromatic N) is 1. The van der Waals surface area contributed by atoms with E-state index in [-0.39, 0.29) is 5.56 Å². The van der Waals surface area contributed by atoms with Crippen LogP contribution in [0.2, 0.25) is 5.02 Å². The van der Waals surface area contributed by atoms with Gasteiger partial charge in [-0.25, -0.2) is 4.98 Å². The zero-order valence-electron chi connectivity index (χ0n) is 13.8. The van der Waals surface area contributed by atoms with Gasteiger partial charge in [-0.1, -0.05) is 23.7 Å². The maximum absolute atomic E-state index is 12.7. The Hall–Kier alpha value is -2.37. The number of aromatic nitrogens is 2. The Labute approximate surface area is 158 Å². The SMILES string of the molecule is O=c1[nH]c(-c2ccc(-c3ccccc3Cl)o2)nc2sc3c(c12)CCCC3. The summed E-state index contributed by atoms with van der Waals surface area (Å²) < 4.78 is 5.93. The van der Waals surface area contributed by atoms with E-state index < -0.39 is 0 Å². The number of rotatable bonds is 2. The van der Waals surface area contributed by atoms with E-state index in [1.54, 1.807) is 11.3 Å². The first-order chi connectivity index (χ1) is 12.7. The van der Waals surface area contributed by atoms with E-state index in [0.717, 1.165) is 35.0 Å². The number of aryl methyl sites for hydroxylation is 2. The lowest BCUT2D eigenvalue weighted by molar-refractivity contribution is 0.592. The van der Waals surface area contributed by atoms with Crippen molar-refractivity contribution >= 4 is 33.2 Å². The summed E-state index contributed by atoms with van der Waals surface area (Å²) in [6.07, 6.45) is 4.34. The van der Waals surface area contributed by atoms with Gasteiger partial charge in [0.25, 0.3) is 5.56 Å². The predicted molar refractivity (Wildman–Crippen MR) is 105 cm³/mol. The van der Waals surface area contributed by atoms with E-state index in [2.05, 4.69) is 9.97 Å². The van der Waals surface area contributed by atoms with Crippen LogP contribution in [0.15, 0.2) is 45.6 Å². The average Bonchev–Trinajstić information content (AvgIpc) is 3.26. The summed E-state index contributed by atoms with van der Waals surface area (Å²) in [5, 5.41) is 1.38. The molecule has 3 heterocycles. The third-order valence-corrected chi connectivity index (χ3v) is 6.32. The molecule has 0 saturated heterocycles. The van der Waals surface area contributed by atoms with Gasteiger partial charge in [0.1, 0.15) is 10.6 Å². The van der Waals surface area contributed by atoms with Gasteiger partial charge in [-0.15, -0.1) is 11.3 Å². The van der Waals surface area contributed by atoms with E-state index in [1.165, 1.54) is 16.9 Å². The van der Waals surface area contributed by atoms with Gasteiger partial charge in [0, 0.05) is 10.4 Å². The van der Waals surface area contributed by atoms with Crippen LogP contribution in [-0.2, 0) is 12.8 Å². The lowest BCUT2D eigenvalue weighted by Gasteiger charge is -2.09. The van der Waals surface area contributed by atoms with Crippen molar-refractivity contribution in [2.24, 2.45) is 0 Å². The fraction of sp³-hybridized carbons (Fsp3) is 0.200. The highest BCUT2D eigenvalue weighted by Crippen LogP contribution is 2.35. The topological polar surface area (TPSA) is 58.9 Å². The number of fused-ring (bicyclic) bond motifs is 3. The molecule has 0 bridgehead atoms. The summed E-state index contributed by atoms with van der Waals surface area (Å²) in [5.74, 6) is 1.64. The Morgan fingerprint density at radius 1 is 1.08 bits per heavy atom. The van der Waals surface area contributed by atoms with Crippen LogP contribution < -0.4 is 5.56 Å². The first kappa shape index (κ1) is 15.9. The molecule has 5 rings (SSSR count). The smallest absolute Gasteiger partial charge is 0.260 e. The van der Waals surface area contributed by atoms with Gasteiger partial charge in [-0.3, -0.25) is 4.79 Å². The van der Waals surface area contributed by atoms with Gasteiger partial charge in [-0.05, 0) is 55.5 Å². The van der Waals surface area contributed by atoms with Crippen molar-refractivity contribution in [2.75, 3.05) is 0 Å². The molecule has 0 amide bonds. The third-order valence-electron chi connectivity index (χ3n) is 4.80. The highest BCUT2D eigenvalue weighted by atomic mass is 35.5. The summed E-state index contributed by atoms with van der Waals surface area (Å²) in [5.41, 5.74) is 1.92. The number of hydrogen-bond donors (Lipinski definition) is 1. The molecule has 0 saturated carbocycles. The second-order valence-corrected chi connectivity index (χ2v) is 7.94. The minimum atomic E-state index is -0.0832. The summed E-state index contributed by atoms with van der Waals surface area (Å²) in [7, 11) is 0. The van der Waals surface area contributed by atoms with Crippen LogP contribution in [0.4, 0.5) is 0 Å². The number of H-pyrrole nitrogens is 1. The van der Waals surface area contributed by atoms with Crippen molar-refractivity contribution in [3.8, 4) is 22.9 Å². The summed E-state index contributed by atoms with van der Waals surface area (Å²) in [6, 6.07) is 11.2. The molecule has 6 heteroatoms. The molecule has 26 heavy (non-hydrogen) atoms. The Morgan fingerprint density at radius 2 is 1.88 bits per heavy atom. The molecule has 4 aromatic rings. The number of benzene rings is 1. The van der Waals surface area contributed by atoms with E-state index in [0.29, 0.717) is 22.4 Å². The highest BCUT2D eigenvalue weighted by molar-refractivity contribution is 7.18. The highest BCUT2D eigenvalue weighted by Gasteiger charge is 2.21. The molecule has 1 N–H and O–H groups in total. The Kier molecular flexibility index (Phi) is 3.72. The molecular formula is C20H15ClN2O2S. The van der Waals surface area contributed by atoms with Crippen LogP contribution in [0, 0.1) is 0 Å². The predicted octanol–water partition coefficient (Wildman–Crippen LogP) is 5.44. The van der Waals surface area contributed by atoms with Crippen molar-refractivity contribution in [3.63, 3.8) is 0 Å². The van der Waals surface area contributed by atoms with E-state index in [1.807, 2.05) is 36.4 Å². The zero-order chi connectivity index (χ0) is 17.7. The fourth-order valence-electron chi connectivity index (χ4n) is 3.55. The standard InChI is InChI=1S/C20H15ClN2O2S/c21-13-7-3-1-5-11(13)14-9-10-15(25-14)18-22-19(24)17-12-6-2-4-8-16(12)26-20(17)23-18/h1,3,5,7,9-10H,2,4,6,8H2,(H,22,23,24). The monoisotopic (exact) mass is 382 g/mol. The second kappa shape index (κ2) is 6.11. The summed E-state index contributed by atoms with van der Waals surface area (Å²) in [4.78, 5) is 22.4. The largest absolute Gasteiger partial charge is 0.453 e. The van der Waals surface area contributed by atoms with Crippen molar-refractivity contribution in [1.29, 1.82) is 0 Å². The average molecular weight is 383 g/mol. The first-order valence-corrected chi connectivity index (χ1v) is 9.80. The Morgan fingerprint density at radius 3 is 2.77 bits per heavy atom. The molecule has 3 aromatic heterocycles. The van der Waals surface area contributed by atoms with Gasteiger partial charge in [-0.2, -0.15) is 0 Å². The van der Waals surface area contributed by atoms with Crippen molar-refractivity contribution in [1.82, 2.24) is 9.97 Å². The second-order valence-electron chi connectivity index (χ2n) is 6.45. The Balaban J connectivity index is 1.62. The van der Waals surface area contributed by atoms with Gasteiger partial charge >= 0.3 is 0 Å². The number of hydrogen-bond acceptors (Lipinski definition) is 4. The minimum Gasteiger partial charge on any atom is -0.453 e. The molecule has 4 nitrogen and oxygen atoms in total. The molecular weight excluding hydrogens is 368 g/mol. The van der Waals surface area contributed by atoms with E-state index in [4.69, 9.17) is 16.0 Å². The molecule has 0 aliphatic heterocycles. The number of halogens is 1. The molecule has 1 aliphatic rings. The van der Waals surface area contributed by atoms with E-state index in [9.17, 15) is 4.79 Å². The van der Waals surface area contributed by atoms with Crippen LogP contribution in [0.5, 0.6) is 0 Å². The molecule has 1 aliphatic carbocycles. The lowest BCUT2D eigenvalue weighted by Crippen LogP contribution is -2.11. The number of nitrogens with one attached hydrogen (secondary N) is 1. The molecule has 0 unspecified atom stereocenters. The first-order valence-electron chi connectivity index (χ1n) is 8.60. The van der Waals surface area contributed by atoms with Crippen LogP contribution in [-0.4, -0.2) is 9.97 Å². The molecule has 0 spiro atoms. The molecule has 0 fully saturated rings. The van der Waals surface area contributed by atoms with Gasteiger partial charge < -0.3 is 9.40 Å². The van der Waals surface area contributed by atoms with Crippen molar-refractivity contribution in [2.45, 2.75) is 25.7 Å². The number of aromatic amines is 1. The lowest BCUT2D eigenvalue weighted by atomic mass is 9.97.